The maximum absolute atomic E-state index is 8.83. The highest BCUT2D eigenvalue weighted by atomic mass is 32.2. The van der Waals surface area contributed by atoms with Crippen LogP contribution in [0.15, 0.2) is 17.0 Å². The molecule has 1 aromatic carbocycles. The fourth-order valence-electron chi connectivity index (χ4n) is 1.72. The zero-order valence-corrected chi connectivity index (χ0v) is 9.11. The molecule has 2 nitrogen and oxygen atoms in total. The third-order valence-corrected chi connectivity index (χ3v) is 3.63. The fourth-order valence-corrected chi connectivity index (χ4v) is 2.77. The van der Waals surface area contributed by atoms with Crippen LogP contribution in [-0.4, -0.2) is 11.8 Å². The summed E-state index contributed by atoms with van der Waals surface area (Å²) >= 11 is 1.77. The van der Waals surface area contributed by atoms with Crippen LogP contribution < -0.4 is 5.32 Å². The van der Waals surface area contributed by atoms with E-state index in [1.807, 2.05) is 0 Å². The molecule has 0 aromatic heterocycles. The molecule has 2 rings (SSSR count). The van der Waals surface area contributed by atoms with Crippen LogP contribution in [0.4, 0.5) is 5.69 Å². The van der Waals surface area contributed by atoms with Crippen molar-refractivity contribution in [1.29, 1.82) is 5.26 Å². The van der Waals surface area contributed by atoms with Crippen molar-refractivity contribution in [3.05, 3.63) is 23.3 Å². The SMILES string of the molecule is Cc1cc(C)c2c(c1)NC(C#N)CS2. The van der Waals surface area contributed by atoms with Crippen LogP contribution in [0.3, 0.4) is 0 Å². The second kappa shape index (κ2) is 3.55. The lowest BCUT2D eigenvalue weighted by atomic mass is 10.1. The Morgan fingerprint density at radius 2 is 2.29 bits per heavy atom. The van der Waals surface area contributed by atoms with Crippen LogP contribution in [-0.2, 0) is 0 Å². The highest BCUT2D eigenvalue weighted by molar-refractivity contribution is 7.99. The van der Waals surface area contributed by atoms with Crippen LogP contribution in [0.5, 0.6) is 0 Å². The van der Waals surface area contributed by atoms with Crippen molar-refractivity contribution in [3.8, 4) is 6.07 Å². The highest BCUT2D eigenvalue weighted by Gasteiger charge is 2.19. The summed E-state index contributed by atoms with van der Waals surface area (Å²) in [5, 5.41) is 12.1. The van der Waals surface area contributed by atoms with Crippen molar-refractivity contribution < 1.29 is 0 Å². The summed E-state index contributed by atoms with van der Waals surface area (Å²) in [4.78, 5) is 1.29. The van der Waals surface area contributed by atoms with E-state index in [0.717, 1.165) is 11.4 Å². The summed E-state index contributed by atoms with van der Waals surface area (Å²) in [7, 11) is 0. The number of nitrogens with zero attached hydrogens (tertiary/aromatic N) is 1. The predicted molar refractivity (Wildman–Crippen MR) is 59.7 cm³/mol. The Bertz CT molecular complexity index is 406. The molecule has 1 heterocycles. The van der Waals surface area contributed by atoms with Gasteiger partial charge >= 0.3 is 0 Å². The van der Waals surface area contributed by atoms with Crippen LogP contribution in [0, 0.1) is 25.2 Å². The highest BCUT2D eigenvalue weighted by Crippen LogP contribution is 2.36. The van der Waals surface area contributed by atoms with E-state index < -0.39 is 0 Å². The largest absolute Gasteiger partial charge is 0.368 e. The first-order valence-corrected chi connectivity index (χ1v) is 5.59. The van der Waals surface area contributed by atoms with Gasteiger partial charge < -0.3 is 5.32 Å². The number of hydrogen-bond acceptors (Lipinski definition) is 3. The second-order valence-corrected chi connectivity index (χ2v) is 4.63. The molecule has 0 amide bonds. The van der Waals surface area contributed by atoms with Gasteiger partial charge in [-0.1, -0.05) is 6.07 Å². The van der Waals surface area contributed by atoms with Crippen molar-refractivity contribution in [1.82, 2.24) is 0 Å². The minimum absolute atomic E-state index is 0.0475. The summed E-state index contributed by atoms with van der Waals surface area (Å²) in [6.07, 6.45) is 0. The number of fused-ring (bicyclic) bond motifs is 1. The van der Waals surface area contributed by atoms with Crippen LogP contribution >= 0.6 is 11.8 Å². The van der Waals surface area contributed by atoms with Crippen LogP contribution in [0.1, 0.15) is 11.1 Å². The smallest absolute Gasteiger partial charge is 0.124 e. The predicted octanol–water partition coefficient (Wildman–Crippen LogP) is 2.71. The van der Waals surface area contributed by atoms with Crippen molar-refractivity contribution in [2.75, 3.05) is 11.1 Å². The van der Waals surface area contributed by atoms with Gasteiger partial charge in [0.2, 0.25) is 0 Å². The van der Waals surface area contributed by atoms with Gasteiger partial charge in [-0.15, -0.1) is 11.8 Å². The molecule has 1 N–H and O–H groups in total. The van der Waals surface area contributed by atoms with Crippen molar-refractivity contribution >= 4 is 17.4 Å². The molecule has 0 saturated heterocycles. The van der Waals surface area contributed by atoms with Gasteiger partial charge in [0.1, 0.15) is 6.04 Å². The van der Waals surface area contributed by atoms with Crippen molar-refractivity contribution in [3.63, 3.8) is 0 Å². The zero-order chi connectivity index (χ0) is 10.1. The average Bonchev–Trinajstić information content (AvgIpc) is 2.16. The molecule has 72 valence electrons. The Balaban J connectivity index is 2.43. The second-order valence-electron chi connectivity index (χ2n) is 3.60. The molecule has 1 atom stereocenters. The lowest BCUT2D eigenvalue weighted by Gasteiger charge is -2.23. The minimum atomic E-state index is -0.0475. The van der Waals surface area contributed by atoms with Gasteiger partial charge in [0.05, 0.1) is 6.07 Å². The number of nitriles is 1. The molecule has 14 heavy (non-hydrogen) atoms. The topological polar surface area (TPSA) is 35.8 Å². The van der Waals surface area contributed by atoms with Gasteiger partial charge in [-0.3, -0.25) is 0 Å². The number of rotatable bonds is 0. The molecule has 0 radical (unpaired) electrons. The van der Waals surface area contributed by atoms with E-state index in [-0.39, 0.29) is 6.04 Å². The monoisotopic (exact) mass is 204 g/mol. The van der Waals surface area contributed by atoms with E-state index in [1.165, 1.54) is 16.0 Å². The molecule has 1 aliphatic heterocycles. The Kier molecular flexibility index (Phi) is 2.39. The van der Waals surface area contributed by atoms with E-state index in [4.69, 9.17) is 5.26 Å². The summed E-state index contributed by atoms with van der Waals surface area (Å²) in [5.74, 6) is 0.841. The van der Waals surface area contributed by atoms with E-state index in [9.17, 15) is 0 Å². The van der Waals surface area contributed by atoms with Crippen LogP contribution in [0.2, 0.25) is 0 Å². The van der Waals surface area contributed by atoms with Crippen LogP contribution in [0.25, 0.3) is 0 Å². The standard InChI is InChI=1S/C11H12N2S/c1-7-3-8(2)11-10(4-7)13-9(5-12)6-14-11/h3-4,9,13H,6H2,1-2H3. The Morgan fingerprint density at radius 1 is 1.50 bits per heavy atom. The van der Waals surface area contributed by atoms with Gasteiger partial charge in [-0.2, -0.15) is 5.26 Å². The molecular weight excluding hydrogens is 192 g/mol. The molecule has 1 unspecified atom stereocenters. The van der Waals surface area contributed by atoms with Gasteiger partial charge in [0.15, 0.2) is 0 Å². The van der Waals surface area contributed by atoms with E-state index in [0.29, 0.717) is 0 Å². The Hall–Kier alpha value is -1.14. The van der Waals surface area contributed by atoms with Gasteiger partial charge in [0.25, 0.3) is 0 Å². The molecule has 0 aliphatic carbocycles. The minimum Gasteiger partial charge on any atom is -0.368 e. The molecular formula is C11H12N2S. The van der Waals surface area contributed by atoms with Gasteiger partial charge in [0, 0.05) is 16.3 Å². The van der Waals surface area contributed by atoms with Gasteiger partial charge in [-0.05, 0) is 31.0 Å². The van der Waals surface area contributed by atoms with Crippen molar-refractivity contribution in [2.45, 2.75) is 24.8 Å². The zero-order valence-electron chi connectivity index (χ0n) is 8.29. The third kappa shape index (κ3) is 1.58. The van der Waals surface area contributed by atoms with E-state index >= 15 is 0 Å². The number of anilines is 1. The third-order valence-electron chi connectivity index (χ3n) is 2.30. The quantitative estimate of drug-likeness (QED) is 0.705. The fraction of sp³-hybridized carbons (Fsp3) is 0.364. The lowest BCUT2D eigenvalue weighted by Crippen LogP contribution is -2.24. The molecule has 1 aromatic rings. The Morgan fingerprint density at radius 3 is 3.00 bits per heavy atom. The van der Waals surface area contributed by atoms with Gasteiger partial charge in [-0.25, -0.2) is 0 Å². The number of hydrogen-bond donors (Lipinski definition) is 1. The number of benzene rings is 1. The first-order chi connectivity index (χ1) is 6.70. The maximum atomic E-state index is 8.83. The molecule has 0 fully saturated rings. The number of thioether (sulfide) groups is 1. The average molecular weight is 204 g/mol. The summed E-state index contributed by atoms with van der Waals surface area (Å²) in [6, 6.07) is 6.49. The first-order valence-electron chi connectivity index (χ1n) is 4.61. The van der Waals surface area contributed by atoms with E-state index in [1.54, 1.807) is 11.8 Å². The molecule has 3 heteroatoms. The van der Waals surface area contributed by atoms with E-state index in [2.05, 4.69) is 37.4 Å². The first kappa shape index (κ1) is 9.42. The molecule has 1 aliphatic rings. The Labute approximate surface area is 88.3 Å². The number of nitrogens with one attached hydrogen (secondary N) is 1. The molecule has 0 bridgehead atoms. The maximum Gasteiger partial charge on any atom is 0.124 e. The normalized spacial score (nSPS) is 19.4. The number of aryl methyl sites for hydroxylation is 2. The molecule has 0 spiro atoms. The summed E-state index contributed by atoms with van der Waals surface area (Å²) in [5.41, 5.74) is 3.66. The summed E-state index contributed by atoms with van der Waals surface area (Å²) in [6.45, 7) is 4.20. The lowest BCUT2D eigenvalue weighted by molar-refractivity contribution is 0.989. The summed E-state index contributed by atoms with van der Waals surface area (Å²) < 4.78 is 0. The van der Waals surface area contributed by atoms with Crippen molar-refractivity contribution in [2.24, 2.45) is 0 Å². The molecule has 0 saturated carbocycles.